The van der Waals surface area contributed by atoms with Crippen LogP contribution in [0.1, 0.15) is 22.8 Å². The van der Waals surface area contributed by atoms with Crippen LogP contribution in [0.15, 0.2) is 36.4 Å². The number of nitro benzene ring substituents is 1. The molecule has 9 nitrogen and oxygen atoms in total. The van der Waals surface area contributed by atoms with E-state index < -0.39 is 34.4 Å². The lowest BCUT2D eigenvalue weighted by Crippen LogP contribution is -2.30. The lowest BCUT2D eigenvalue weighted by atomic mass is 10.1. The minimum absolute atomic E-state index is 0.0110. The number of carbonyl (C=O) groups excluding carboxylic acids is 3. The third-order valence-corrected chi connectivity index (χ3v) is 4.03. The summed E-state index contributed by atoms with van der Waals surface area (Å²) in [5.74, 6) is -2.73. The van der Waals surface area contributed by atoms with Crippen molar-refractivity contribution in [3.8, 4) is 0 Å². The van der Waals surface area contributed by atoms with E-state index in [1.165, 1.54) is 19.1 Å². The minimum atomic E-state index is -1.22. The van der Waals surface area contributed by atoms with Crippen LogP contribution in [0.25, 0.3) is 0 Å². The number of nitrogens with one attached hydrogen (secondary N) is 2. The van der Waals surface area contributed by atoms with Crippen LogP contribution >= 0.6 is 0 Å². The van der Waals surface area contributed by atoms with E-state index in [0.29, 0.717) is 11.3 Å². The van der Waals surface area contributed by atoms with E-state index in [4.69, 9.17) is 4.74 Å². The Bertz CT molecular complexity index is 1010. The lowest BCUT2D eigenvalue weighted by molar-refractivity contribution is -0.387. The van der Waals surface area contributed by atoms with Crippen LogP contribution in [-0.4, -0.2) is 28.8 Å². The van der Waals surface area contributed by atoms with Gasteiger partial charge in [-0.2, -0.15) is 4.39 Å². The summed E-state index contributed by atoms with van der Waals surface area (Å²) in [4.78, 5) is 45.6. The number of halogens is 1. The van der Waals surface area contributed by atoms with E-state index in [-0.39, 0.29) is 23.6 Å². The van der Waals surface area contributed by atoms with Gasteiger partial charge in [-0.25, -0.2) is 4.79 Å². The molecule has 3 rings (SSSR count). The number of hydrogen-bond donors (Lipinski definition) is 2. The quantitative estimate of drug-likeness (QED) is 0.461. The Balaban J connectivity index is 1.65. The molecule has 1 unspecified atom stereocenters. The number of ether oxygens (including phenoxy) is 1. The van der Waals surface area contributed by atoms with Gasteiger partial charge in [-0.15, -0.1) is 0 Å². The molecule has 1 heterocycles. The third-order valence-electron chi connectivity index (χ3n) is 4.03. The first-order valence-corrected chi connectivity index (χ1v) is 8.13. The maximum absolute atomic E-state index is 13.3. The van der Waals surface area contributed by atoms with Gasteiger partial charge in [-0.3, -0.25) is 19.7 Å². The zero-order valence-corrected chi connectivity index (χ0v) is 14.5. The molecule has 0 spiro atoms. The molecule has 0 radical (unpaired) electrons. The van der Waals surface area contributed by atoms with Crippen LogP contribution in [0.3, 0.4) is 0 Å². The molecule has 2 aromatic rings. The summed E-state index contributed by atoms with van der Waals surface area (Å²) < 4.78 is 18.4. The fraction of sp³-hybridized carbons (Fsp3) is 0.167. The molecular formula is C18H14FN3O6. The number of benzene rings is 2. The van der Waals surface area contributed by atoms with E-state index in [1.54, 1.807) is 6.07 Å². The monoisotopic (exact) mass is 387 g/mol. The zero-order valence-electron chi connectivity index (χ0n) is 14.5. The molecule has 10 heteroatoms. The summed E-state index contributed by atoms with van der Waals surface area (Å²) in [6.07, 6.45) is -1.07. The summed E-state index contributed by atoms with van der Waals surface area (Å²) in [6, 6.07) is 7.40. The molecule has 0 fully saturated rings. The average molecular weight is 387 g/mol. The van der Waals surface area contributed by atoms with Gasteiger partial charge in [0.15, 0.2) is 6.10 Å². The second kappa shape index (κ2) is 7.43. The number of anilines is 2. The van der Waals surface area contributed by atoms with E-state index >= 15 is 0 Å². The van der Waals surface area contributed by atoms with Gasteiger partial charge in [0, 0.05) is 17.4 Å². The summed E-state index contributed by atoms with van der Waals surface area (Å²) in [5.41, 5.74) is 0.639. The third kappa shape index (κ3) is 3.95. The molecule has 0 bridgehead atoms. The number of fused-ring (bicyclic) bond motifs is 1. The molecule has 0 aliphatic carbocycles. The molecule has 144 valence electrons. The topological polar surface area (TPSA) is 128 Å². The number of nitro groups is 1. The highest BCUT2D eigenvalue weighted by Gasteiger charge is 2.23. The van der Waals surface area contributed by atoms with Crippen molar-refractivity contribution in [2.75, 3.05) is 10.6 Å². The molecular weight excluding hydrogens is 373 g/mol. The van der Waals surface area contributed by atoms with Crippen LogP contribution in [0.2, 0.25) is 0 Å². The molecule has 0 aromatic heterocycles. The van der Waals surface area contributed by atoms with Gasteiger partial charge in [0.25, 0.3) is 5.91 Å². The maximum atomic E-state index is 13.3. The van der Waals surface area contributed by atoms with Crippen molar-refractivity contribution < 1.29 is 28.4 Å². The largest absolute Gasteiger partial charge is 0.449 e. The fourth-order valence-electron chi connectivity index (χ4n) is 2.61. The molecule has 2 aromatic carbocycles. The molecule has 1 atom stereocenters. The Hall–Kier alpha value is -3.82. The van der Waals surface area contributed by atoms with Crippen LogP contribution < -0.4 is 10.6 Å². The molecule has 0 saturated carbocycles. The van der Waals surface area contributed by atoms with E-state index in [9.17, 15) is 28.9 Å². The summed E-state index contributed by atoms with van der Waals surface area (Å²) in [5, 5.41) is 15.7. The van der Waals surface area contributed by atoms with Gasteiger partial charge in [0.1, 0.15) is 0 Å². The summed E-state index contributed by atoms with van der Waals surface area (Å²) >= 11 is 0. The molecule has 1 aliphatic heterocycles. The standard InChI is InChI=1S/C18H14FN3O6/c1-9(17(24)20-12-3-4-13(19)15(8-12)22(26)27)28-18(25)10-2-5-14-11(6-10)7-16(23)21-14/h2-6,8-9H,7H2,1H3,(H,20,24)(H,21,23). The molecule has 0 saturated heterocycles. The van der Waals surface area contributed by atoms with Crippen molar-refractivity contribution in [3.05, 3.63) is 63.5 Å². The molecule has 28 heavy (non-hydrogen) atoms. The van der Waals surface area contributed by atoms with Crippen molar-refractivity contribution in [2.45, 2.75) is 19.4 Å². The van der Waals surface area contributed by atoms with Crippen molar-refractivity contribution >= 4 is 34.8 Å². The van der Waals surface area contributed by atoms with Gasteiger partial charge in [0.05, 0.1) is 16.9 Å². The van der Waals surface area contributed by atoms with E-state index in [1.807, 2.05) is 0 Å². The predicted octanol–water partition coefficient (Wildman–Crippen LogP) is 2.41. The van der Waals surface area contributed by atoms with Gasteiger partial charge < -0.3 is 15.4 Å². The number of hydrogen-bond acceptors (Lipinski definition) is 6. The molecule has 2 N–H and O–H groups in total. The normalized spacial score (nSPS) is 13.3. The van der Waals surface area contributed by atoms with Crippen LogP contribution in [-0.2, 0) is 20.7 Å². The van der Waals surface area contributed by atoms with Gasteiger partial charge in [0.2, 0.25) is 11.7 Å². The van der Waals surface area contributed by atoms with Crippen molar-refractivity contribution in [1.82, 2.24) is 0 Å². The minimum Gasteiger partial charge on any atom is -0.449 e. The first kappa shape index (κ1) is 19.0. The lowest BCUT2D eigenvalue weighted by Gasteiger charge is -2.14. The Labute approximate surface area is 157 Å². The highest BCUT2D eigenvalue weighted by atomic mass is 19.1. The Morgan fingerprint density at radius 1 is 1.29 bits per heavy atom. The number of esters is 1. The first-order chi connectivity index (χ1) is 13.2. The van der Waals surface area contributed by atoms with E-state index in [0.717, 1.165) is 18.2 Å². The Morgan fingerprint density at radius 3 is 2.75 bits per heavy atom. The van der Waals surface area contributed by atoms with Crippen molar-refractivity contribution in [2.24, 2.45) is 0 Å². The average Bonchev–Trinajstić information content (AvgIpc) is 3.01. The van der Waals surface area contributed by atoms with Gasteiger partial charge in [-0.05, 0) is 42.8 Å². The Kier molecular flexibility index (Phi) is 5.03. The number of amides is 2. The SMILES string of the molecule is CC(OC(=O)c1ccc2c(c1)CC(=O)N2)C(=O)Nc1ccc(F)c([N+](=O)[O-])c1. The van der Waals surface area contributed by atoms with Crippen LogP contribution in [0, 0.1) is 15.9 Å². The second-order valence-corrected chi connectivity index (χ2v) is 6.06. The number of rotatable bonds is 5. The highest BCUT2D eigenvalue weighted by molar-refractivity contribution is 6.01. The first-order valence-electron chi connectivity index (χ1n) is 8.13. The van der Waals surface area contributed by atoms with Crippen LogP contribution in [0.5, 0.6) is 0 Å². The number of carbonyl (C=O) groups is 3. The van der Waals surface area contributed by atoms with Crippen molar-refractivity contribution in [1.29, 1.82) is 0 Å². The zero-order chi connectivity index (χ0) is 20.4. The number of nitrogens with zero attached hydrogens (tertiary/aromatic N) is 1. The Morgan fingerprint density at radius 2 is 2.04 bits per heavy atom. The van der Waals surface area contributed by atoms with E-state index in [2.05, 4.69) is 10.6 Å². The molecule has 2 amide bonds. The maximum Gasteiger partial charge on any atom is 0.338 e. The highest BCUT2D eigenvalue weighted by Crippen LogP contribution is 2.25. The smallest absolute Gasteiger partial charge is 0.338 e. The summed E-state index contributed by atoms with van der Waals surface area (Å²) in [6.45, 7) is 1.32. The molecule has 1 aliphatic rings. The van der Waals surface area contributed by atoms with Gasteiger partial charge >= 0.3 is 11.7 Å². The fourth-order valence-corrected chi connectivity index (χ4v) is 2.61. The van der Waals surface area contributed by atoms with Crippen LogP contribution in [0.4, 0.5) is 21.5 Å². The van der Waals surface area contributed by atoms with Gasteiger partial charge in [-0.1, -0.05) is 0 Å². The predicted molar refractivity (Wildman–Crippen MR) is 95.3 cm³/mol. The summed E-state index contributed by atoms with van der Waals surface area (Å²) in [7, 11) is 0. The van der Waals surface area contributed by atoms with Crippen molar-refractivity contribution in [3.63, 3.8) is 0 Å². The second-order valence-electron chi connectivity index (χ2n) is 6.06.